The largest absolute Gasteiger partial charge is 0.355 e. The van der Waals surface area contributed by atoms with E-state index in [1.165, 1.54) is 0 Å². The number of nitrogens with zero attached hydrogens (tertiary/aromatic N) is 2. The van der Waals surface area contributed by atoms with Gasteiger partial charge in [-0.1, -0.05) is 6.07 Å². The highest BCUT2D eigenvalue weighted by atomic mass is 32.2. The molecule has 1 saturated heterocycles. The third kappa shape index (κ3) is 2.49. The number of sulfonamides is 1. The molecular formula is C12H17N3O2S. The highest BCUT2D eigenvalue weighted by Gasteiger charge is 2.38. The van der Waals surface area contributed by atoms with Gasteiger partial charge in [0.05, 0.1) is 5.25 Å². The van der Waals surface area contributed by atoms with Gasteiger partial charge in [-0.05, 0) is 31.4 Å². The van der Waals surface area contributed by atoms with Gasteiger partial charge in [-0.15, -0.1) is 0 Å². The van der Waals surface area contributed by atoms with Crippen LogP contribution in [0.1, 0.15) is 19.3 Å². The summed E-state index contributed by atoms with van der Waals surface area (Å²) in [7, 11) is -3.07. The molecule has 1 atom stereocenters. The SMILES string of the molecule is O=S(=O)(NC1CCN(c2ccccn2)C1)C1CC1. The highest BCUT2D eigenvalue weighted by molar-refractivity contribution is 7.90. The van der Waals surface area contributed by atoms with Crippen LogP contribution in [0.4, 0.5) is 5.82 Å². The van der Waals surface area contributed by atoms with Gasteiger partial charge in [-0.2, -0.15) is 0 Å². The molecule has 2 fully saturated rings. The summed E-state index contributed by atoms with van der Waals surface area (Å²) in [6.07, 6.45) is 4.23. The average molecular weight is 267 g/mol. The molecule has 2 aliphatic rings. The Morgan fingerprint density at radius 2 is 2.11 bits per heavy atom. The summed E-state index contributed by atoms with van der Waals surface area (Å²) in [6, 6.07) is 5.81. The summed E-state index contributed by atoms with van der Waals surface area (Å²) in [4.78, 5) is 6.41. The van der Waals surface area contributed by atoms with E-state index in [0.29, 0.717) is 6.54 Å². The molecule has 18 heavy (non-hydrogen) atoms. The molecule has 5 nitrogen and oxygen atoms in total. The minimum Gasteiger partial charge on any atom is -0.355 e. The zero-order valence-corrected chi connectivity index (χ0v) is 10.9. The number of aromatic nitrogens is 1. The molecule has 0 bridgehead atoms. The van der Waals surface area contributed by atoms with E-state index in [1.807, 2.05) is 18.2 Å². The van der Waals surface area contributed by atoms with Crippen LogP contribution >= 0.6 is 0 Å². The zero-order valence-electron chi connectivity index (χ0n) is 10.1. The standard InChI is InChI=1S/C12H17N3O2S/c16-18(17,11-4-5-11)14-10-6-8-15(9-10)12-3-1-2-7-13-12/h1-3,7,10-11,14H,4-6,8-9H2. The molecule has 1 aromatic heterocycles. The van der Waals surface area contributed by atoms with E-state index in [-0.39, 0.29) is 11.3 Å². The second-order valence-corrected chi connectivity index (χ2v) is 6.97. The fourth-order valence-corrected chi connectivity index (χ4v) is 3.92. The summed E-state index contributed by atoms with van der Waals surface area (Å²) in [5.74, 6) is 0.922. The molecule has 2 heterocycles. The predicted octanol–water partition coefficient (Wildman–Crippen LogP) is 0.742. The molecule has 1 aromatic rings. The van der Waals surface area contributed by atoms with Gasteiger partial charge >= 0.3 is 0 Å². The number of nitrogens with one attached hydrogen (secondary N) is 1. The van der Waals surface area contributed by atoms with Crippen molar-refractivity contribution >= 4 is 15.8 Å². The van der Waals surface area contributed by atoms with Gasteiger partial charge in [-0.25, -0.2) is 18.1 Å². The topological polar surface area (TPSA) is 62.3 Å². The first-order chi connectivity index (χ1) is 8.65. The van der Waals surface area contributed by atoms with Crippen molar-refractivity contribution in [2.75, 3.05) is 18.0 Å². The Balaban J connectivity index is 1.62. The predicted molar refractivity (Wildman–Crippen MR) is 69.9 cm³/mol. The van der Waals surface area contributed by atoms with Crippen LogP contribution in [0.5, 0.6) is 0 Å². The summed E-state index contributed by atoms with van der Waals surface area (Å²) < 4.78 is 26.5. The van der Waals surface area contributed by atoms with Gasteiger partial charge < -0.3 is 4.90 Å². The molecule has 0 amide bonds. The minimum atomic E-state index is -3.07. The molecular weight excluding hydrogens is 250 g/mol. The van der Waals surface area contributed by atoms with E-state index in [4.69, 9.17) is 0 Å². The first kappa shape index (κ1) is 11.9. The lowest BCUT2D eigenvalue weighted by molar-refractivity contribution is 0.560. The van der Waals surface area contributed by atoms with Crippen molar-refractivity contribution in [2.24, 2.45) is 0 Å². The lowest BCUT2D eigenvalue weighted by Gasteiger charge is -2.17. The Labute approximate surface area is 107 Å². The molecule has 6 heteroatoms. The summed E-state index contributed by atoms with van der Waals surface area (Å²) >= 11 is 0. The van der Waals surface area contributed by atoms with E-state index in [0.717, 1.165) is 31.6 Å². The van der Waals surface area contributed by atoms with Gasteiger partial charge in [0.1, 0.15) is 5.82 Å². The fraction of sp³-hybridized carbons (Fsp3) is 0.583. The van der Waals surface area contributed by atoms with Gasteiger partial charge in [0, 0.05) is 25.3 Å². The maximum atomic E-state index is 11.8. The van der Waals surface area contributed by atoms with Crippen LogP contribution in [0, 0.1) is 0 Å². The minimum absolute atomic E-state index is 0.0256. The van der Waals surface area contributed by atoms with Crippen LogP contribution in [-0.2, 0) is 10.0 Å². The van der Waals surface area contributed by atoms with Crippen molar-refractivity contribution in [2.45, 2.75) is 30.6 Å². The Kier molecular flexibility index (Phi) is 2.99. The van der Waals surface area contributed by atoms with Crippen molar-refractivity contribution in [1.82, 2.24) is 9.71 Å². The number of anilines is 1. The second-order valence-electron chi connectivity index (χ2n) is 4.98. The van der Waals surface area contributed by atoms with E-state index in [1.54, 1.807) is 6.20 Å². The third-order valence-corrected chi connectivity index (χ3v) is 5.47. The third-order valence-electron chi connectivity index (χ3n) is 3.46. The van der Waals surface area contributed by atoms with E-state index >= 15 is 0 Å². The number of rotatable bonds is 4. The van der Waals surface area contributed by atoms with Crippen molar-refractivity contribution in [3.63, 3.8) is 0 Å². The van der Waals surface area contributed by atoms with Gasteiger partial charge in [0.2, 0.25) is 10.0 Å². The quantitative estimate of drug-likeness (QED) is 0.874. The maximum absolute atomic E-state index is 11.8. The molecule has 1 saturated carbocycles. The molecule has 98 valence electrons. The van der Waals surface area contributed by atoms with Crippen LogP contribution in [0.2, 0.25) is 0 Å². The van der Waals surface area contributed by atoms with E-state index < -0.39 is 10.0 Å². The molecule has 0 spiro atoms. The van der Waals surface area contributed by atoms with Crippen LogP contribution < -0.4 is 9.62 Å². The summed E-state index contributed by atoms with van der Waals surface area (Å²) in [6.45, 7) is 1.57. The Morgan fingerprint density at radius 3 is 2.78 bits per heavy atom. The first-order valence-corrected chi connectivity index (χ1v) is 7.87. The Hall–Kier alpha value is -1.14. The number of hydrogen-bond donors (Lipinski definition) is 1. The first-order valence-electron chi connectivity index (χ1n) is 6.32. The number of pyridine rings is 1. The van der Waals surface area contributed by atoms with Crippen LogP contribution in [0.15, 0.2) is 24.4 Å². The molecule has 1 aliphatic heterocycles. The average Bonchev–Trinajstić information content (AvgIpc) is 3.13. The Bertz CT molecular complexity index is 513. The van der Waals surface area contributed by atoms with Crippen LogP contribution in [0.3, 0.4) is 0 Å². The molecule has 1 unspecified atom stereocenters. The molecule has 1 aliphatic carbocycles. The summed E-state index contributed by atoms with van der Waals surface area (Å²) in [5.41, 5.74) is 0. The Morgan fingerprint density at radius 1 is 1.28 bits per heavy atom. The van der Waals surface area contributed by atoms with Crippen LogP contribution in [-0.4, -0.2) is 37.8 Å². The van der Waals surface area contributed by atoms with Crippen molar-refractivity contribution in [3.05, 3.63) is 24.4 Å². The number of hydrogen-bond acceptors (Lipinski definition) is 4. The molecule has 0 aromatic carbocycles. The lowest BCUT2D eigenvalue weighted by atomic mass is 10.3. The van der Waals surface area contributed by atoms with E-state index in [2.05, 4.69) is 14.6 Å². The lowest BCUT2D eigenvalue weighted by Crippen LogP contribution is -2.39. The molecule has 0 radical (unpaired) electrons. The second kappa shape index (κ2) is 4.51. The fourth-order valence-electron chi connectivity index (χ4n) is 2.31. The normalized spacial score (nSPS) is 24.4. The maximum Gasteiger partial charge on any atom is 0.214 e. The zero-order chi connectivity index (χ0) is 12.6. The molecule has 1 N–H and O–H groups in total. The van der Waals surface area contributed by atoms with Gasteiger partial charge in [-0.3, -0.25) is 0 Å². The van der Waals surface area contributed by atoms with Gasteiger partial charge in [0.15, 0.2) is 0 Å². The molecule has 3 rings (SSSR count). The van der Waals surface area contributed by atoms with Crippen molar-refractivity contribution in [3.8, 4) is 0 Å². The van der Waals surface area contributed by atoms with Crippen molar-refractivity contribution in [1.29, 1.82) is 0 Å². The smallest absolute Gasteiger partial charge is 0.214 e. The van der Waals surface area contributed by atoms with Crippen LogP contribution in [0.25, 0.3) is 0 Å². The summed E-state index contributed by atoms with van der Waals surface area (Å²) in [5, 5.41) is -0.138. The van der Waals surface area contributed by atoms with Crippen molar-refractivity contribution < 1.29 is 8.42 Å². The van der Waals surface area contributed by atoms with Gasteiger partial charge in [0.25, 0.3) is 0 Å². The van der Waals surface area contributed by atoms with E-state index in [9.17, 15) is 8.42 Å². The highest BCUT2D eigenvalue weighted by Crippen LogP contribution is 2.28. The monoisotopic (exact) mass is 267 g/mol.